The Morgan fingerprint density at radius 1 is 0.976 bits per heavy atom. The lowest BCUT2D eigenvalue weighted by atomic mass is 10.1. The van der Waals surface area contributed by atoms with Crippen LogP contribution in [-0.2, 0) is 11.2 Å². The van der Waals surface area contributed by atoms with E-state index in [0.717, 1.165) is 45.7 Å². The first-order valence-electron chi connectivity index (χ1n) is 13.8. The summed E-state index contributed by atoms with van der Waals surface area (Å²) in [6.45, 7) is 8.88. The van der Waals surface area contributed by atoms with Crippen molar-refractivity contribution in [3.8, 4) is 27.6 Å². The maximum atomic E-state index is 12.6. The highest BCUT2D eigenvalue weighted by Crippen LogP contribution is 2.40. The van der Waals surface area contributed by atoms with E-state index >= 15 is 0 Å². The zero-order valence-corrected chi connectivity index (χ0v) is 24.8. The molecule has 0 atom stereocenters. The number of nitrogens with one attached hydrogen (secondary N) is 1. The standard InChI is InChI=1S/C31H36N6O3S/c1-31(2,3)40-30(38)37-20-18-36(19-21-37)29-35-26(23-10-12-24(39-4)13-11-23)27(41-29)25-15-17-33-28(34-25)32-16-14-22-8-6-5-7-9-22/h5-13,15,17H,14,16,18-21H2,1-4H3,(H,32,33,34). The van der Waals surface area contributed by atoms with E-state index in [1.54, 1.807) is 29.5 Å². The number of methoxy groups -OCH3 is 1. The molecule has 0 bridgehead atoms. The second-order valence-electron chi connectivity index (χ2n) is 10.8. The van der Waals surface area contributed by atoms with E-state index in [0.29, 0.717) is 32.1 Å². The molecule has 1 N–H and O–H groups in total. The molecule has 1 aliphatic heterocycles. The smallest absolute Gasteiger partial charge is 0.410 e. The van der Waals surface area contributed by atoms with E-state index in [1.807, 2.05) is 69.3 Å². The minimum absolute atomic E-state index is 0.274. The Hall–Kier alpha value is -4.18. The Morgan fingerprint density at radius 2 is 1.71 bits per heavy atom. The largest absolute Gasteiger partial charge is 0.497 e. The van der Waals surface area contributed by atoms with Crippen LogP contribution < -0.4 is 15.0 Å². The molecule has 0 radical (unpaired) electrons. The van der Waals surface area contributed by atoms with Gasteiger partial charge in [0, 0.05) is 44.5 Å². The van der Waals surface area contributed by atoms with Gasteiger partial charge in [0.2, 0.25) is 5.95 Å². The van der Waals surface area contributed by atoms with Crippen LogP contribution in [0.2, 0.25) is 0 Å². The SMILES string of the molecule is COc1ccc(-c2nc(N3CCN(C(=O)OC(C)(C)C)CC3)sc2-c2ccnc(NCCc3ccccc3)n2)cc1. The van der Waals surface area contributed by atoms with Crippen molar-refractivity contribution in [3.63, 3.8) is 0 Å². The fourth-order valence-electron chi connectivity index (χ4n) is 4.50. The number of anilines is 2. The second kappa shape index (κ2) is 12.6. The van der Waals surface area contributed by atoms with Crippen molar-refractivity contribution in [2.45, 2.75) is 32.8 Å². The van der Waals surface area contributed by atoms with Gasteiger partial charge in [-0.25, -0.2) is 19.7 Å². The highest BCUT2D eigenvalue weighted by molar-refractivity contribution is 7.19. The number of rotatable bonds is 8. The summed E-state index contributed by atoms with van der Waals surface area (Å²) in [7, 11) is 1.66. The number of hydrogen-bond acceptors (Lipinski definition) is 9. The Labute approximate surface area is 245 Å². The van der Waals surface area contributed by atoms with Crippen molar-refractivity contribution in [2.75, 3.05) is 50.1 Å². The highest BCUT2D eigenvalue weighted by atomic mass is 32.1. The number of aromatic nitrogens is 3. The number of hydrogen-bond donors (Lipinski definition) is 1. The van der Waals surface area contributed by atoms with Crippen LogP contribution in [0.15, 0.2) is 66.9 Å². The van der Waals surface area contributed by atoms with E-state index in [-0.39, 0.29) is 6.09 Å². The first-order valence-corrected chi connectivity index (χ1v) is 14.6. The van der Waals surface area contributed by atoms with Gasteiger partial charge in [0.1, 0.15) is 11.4 Å². The summed E-state index contributed by atoms with van der Waals surface area (Å²) in [5.74, 6) is 1.37. The molecule has 0 unspecified atom stereocenters. The number of nitrogens with zero attached hydrogens (tertiary/aromatic N) is 5. The average Bonchev–Trinajstić information content (AvgIpc) is 3.43. The van der Waals surface area contributed by atoms with Gasteiger partial charge < -0.3 is 24.6 Å². The summed E-state index contributed by atoms with van der Waals surface area (Å²) in [6, 6.07) is 20.2. The van der Waals surface area contributed by atoms with Gasteiger partial charge in [-0.05, 0) is 63.1 Å². The number of thiazole rings is 1. The van der Waals surface area contributed by atoms with Crippen LogP contribution in [0.1, 0.15) is 26.3 Å². The molecule has 2 aromatic heterocycles. The van der Waals surface area contributed by atoms with E-state index in [2.05, 4.69) is 27.3 Å². The summed E-state index contributed by atoms with van der Waals surface area (Å²) in [5.41, 5.74) is 3.39. The van der Waals surface area contributed by atoms with Gasteiger partial charge in [-0.2, -0.15) is 0 Å². The zero-order chi connectivity index (χ0) is 28.8. The molecular formula is C31H36N6O3S. The monoisotopic (exact) mass is 572 g/mol. The van der Waals surface area contributed by atoms with E-state index in [9.17, 15) is 4.79 Å². The fraction of sp³-hybridized carbons (Fsp3) is 0.355. The van der Waals surface area contributed by atoms with Crippen LogP contribution >= 0.6 is 11.3 Å². The summed E-state index contributed by atoms with van der Waals surface area (Å²) < 4.78 is 10.9. The van der Waals surface area contributed by atoms with Crippen LogP contribution in [-0.4, -0.2) is 71.4 Å². The highest BCUT2D eigenvalue weighted by Gasteiger charge is 2.28. The summed E-state index contributed by atoms with van der Waals surface area (Å²) in [5, 5.41) is 4.26. The van der Waals surface area contributed by atoms with Crippen molar-refractivity contribution in [3.05, 3.63) is 72.4 Å². The third kappa shape index (κ3) is 7.32. The molecule has 4 aromatic rings. The first-order chi connectivity index (χ1) is 19.8. The van der Waals surface area contributed by atoms with E-state index in [1.165, 1.54) is 5.56 Å². The molecule has 2 aromatic carbocycles. The van der Waals surface area contributed by atoms with Crippen molar-refractivity contribution < 1.29 is 14.3 Å². The van der Waals surface area contributed by atoms with Gasteiger partial charge in [-0.1, -0.05) is 41.7 Å². The molecule has 1 saturated heterocycles. The molecule has 214 valence electrons. The maximum Gasteiger partial charge on any atom is 0.410 e. The van der Waals surface area contributed by atoms with Gasteiger partial charge in [0.15, 0.2) is 5.13 Å². The Bertz CT molecular complexity index is 1440. The summed E-state index contributed by atoms with van der Waals surface area (Å²) in [4.78, 5) is 31.9. The molecule has 1 amide bonds. The van der Waals surface area contributed by atoms with Crippen molar-refractivity contribution in [2.24, 2.45) is 0 Å². The van der Waals surface area contributed by atoms with Gasteiger partial charge >= 0.3 is 6.09 Å². The molecule has 1 aliphatic rings. The second-order valence-corrected chi connectivity index (χ2v) is 11.8. The van der Waals surface area contributed by atoms with Crippen LogP contribution in [0.4, 0.5) is 15.9 Å². The van der Waals surface area contributed by atoms with E-state index < -0.39 is 5.60 Å². The average molecular weight is 573 g/mol. The molecule has 0 spiro atoms. The van der Waals surface area contributed by atoms with Crippen molar-refractivity contribution in [1.82, 2.24) is 19.9 Å². The molecule has 9 nitrogen and oxygen atoms in total. The molecule has 0 aliphatic carbocycles. The Balaban J connectivity index is 1.37. The minimum atomic E-state index is -0.515. The zero-order valence-electron chi connectivity index (χ0n) is 24.0. The Morgan fingerprint density at radius 3 is 2.39 bits per heavy atom. The summed E-state index contributed by atoms with van der Waals surface area (Å²) >= 11 is 1.60. The van der Waals surface area contributed by atoms with Crippen molar-refractivity contribution in [1.29, 1.82) is 0 Å². The molecule has 5 rings (SSSR count). The molecule has 1 fully saturated rings. The lowest BCUT2D eigenvalue weighted by Gasteiger charge is -2.35. The molecule has 3 heterocycles. The quantitative estimate of drug-likeness (QED) is 0.275. The number of amides is 1. The van der Waals surface area contributed by atoms with Gasteiger partial charge in [-0.15, -0.1) is 0 Å². The molecular weight excluding hydrogens is 536 g/mol. The van der Waals surface area contributed by atoms with Crippen molar-refractivity contribution >= 4 is 28.5 Å². The first kappa shape index (κ1) is 28.4. The predicted octanol–water partition coefficient (Wildman–Crippen LogP) is 5.99. The topological polar surface area (TPSA) is 92.7 Å². The lowest BCUT2D eigenvalue weighted by Crippen LogP contribution is -2.50. The number of carbonyl (C=O) groups excluding carboxylic acids is 1. The van der Waals surface area contributed by atoms with Gasteiger partial charge in [0.05, 0.1) is 23.4 Å². The third-order valence-electron chi connectivity index (χ3n) is 6.61. The molecule has 0 saturated carbocycles. The maximum absolute atomic E-state index is 12.6. The number of carbonyl (C=O) groups is 1. The van der Waals surface area contributed by atoms with Crippen LogP contribution in [0, 0.1) is 0 Å². The van der Waals surface area contributed by atoms with Gasteiger partial charge in [0.25, 0.3) is 0 Å². The lowest BCUT2D eigenvalue weighted by molar-refractivity contribution is 0.0240. The Kier molecular flexibility index (Phi) is 8.68. The predicted molar refractivity (Wildman–Crippen MR) is 164 cm³/mol. The fourth-order valence-corrected chi connectivity index (χ4v) is 5.61. The van der Waals surface area contributed by atoms with Gasteiger partial charge in [-0.3, -0.25) is 0 Å². The van der Waals surface area contributed by atoms with Crippen LogP contribution in [0.3, 0.4) is 0 Å². The minimum Gasteiger partial charge on any atom is -0.497 e. The van der Waals surface area contributed by atoms with E-state index in [4.69, 9.17) is 19.4 Å². The number of piperazine rings is 1. The number of benzene rings is 2. The van der Waals surface area contributed by atoms with Crippen LogP contribution in [0.5, 0.6) is 5.75 Å². The molecule has 41 heavy (non-hydrogen) atoms. The number of ether oxygens (including phenoxy) is 2. The molecule has 10 heteroatoms. The summed E-state index contributed by atoms with van der Waals surface area (Å²) in [6.07, 6.45) is 2.39. The van der Waals surface area contributed by atoms with Crippen LogP contribution in [0.25, 0.3) is 21.8 Å². The third-order valence-corrected chi connectivity index (χ3v) is 7.75. The normalized spacial score (nSPS) is 13.7.